The highest BCUT2D eigenvalue weighted by Gasteiger charge is 2.10. The molecular weight excluding hydrogens is 236 g/mol. The van der Waals surface area contributed by atoms with Crippen LogP contribution < -0.4 is 5.32 Å². The van der Waals surface area contributed by atoms with Gasteiger partial charge >= 0.3 is 0 Å². The van der Waals surface area contributed by atoms with Gasteiger partial charge in [-0.15, -0.1) is 0 Å². The van der Waals surface area contributed by atoms with Crippen LogP contribution in [0.5, 0.6) is 0 Å². The van der Waals surface area contributed by atoms with Crippen LogP contribution in [0.4, 0.5) is 0 Å². The van der Waals surface area contributed by atoms with E-state index in [1.165, 1.54) is 5.56 Å². The first-order valence-electron chi connectivity index (χ1n) is 7.36. The molecule has 0 amide bonds. The normalized spacial score (nSPS) is 12.1. The minimum absolute atomic E-state index is 0.684. The van der Waals surface area contributed by atoms with E-state index in [1.54, 1.807) is 0 Å². The highest BCUT2D eigenvalue weighted by Crippen LogP contribution is 2.16. The molecule has 0 aliphatic carbocycles. The van der Waals surface area contributed by atoms with Crippen molar-refractivity contribution in [1.29, 1.82) is 0 Å². The number of furan rings is 1. The molecule has 0 aliphatic heterocycles. The molecule has 1 N–H and O–H groups in total. The first kappa shape index (κ1) is 16.3. The zero-order valence-corrected chi connectivity index (χ0v) is 13.4. The fourth-order valence-electron chi connectivity index (χ4n) is 2.29. The second kappa shape index (κ2) is 7.71. The molecule has 110 valence electrons. The van der Waals surface area contributed by atoms with E-state index in [9.17, 15) is 0 Å². The van der Waals surface area contributed by atoms with Crippen molar-refractivity contribution in [3.63, 3.8) is 0 Å². The van der Waals surface area contributed by atoms with E-state index in [0.717, 1.165) is 37.7 Å². The van der Waals surface area contributed by atoms with Gasteiger partial charge in [-0.1, -0.05) is 27.7 Å². The molecule has 0 atom stereocenters. The molecule has 0 radical (unpaired) electrons. The topological polar surface area (TPSA) is 28.4 Å². The zero-order valence-electron chi connectivity index (χ0n) is 13.4. The van der Waals surface area contributed by atoms with Crippen molar-refractivity contribution in [2.75, 3.05) is 20.1 Å². The molecule has 19 heavy (non-hydrogen) atoms. The summed E-state index contributed by atoms with van der Waals surface area (Å²) in [4.78, 5) is 2.31. The van der Waals surface area contributed by atoms with Crippen molar-refractivity contribution in [2.45, 2.75) is 47.7 Å². The molecule has 1 rings (SSSR count). The summed E-state index contributed by atoms with van der Waals surface area (Å²) in [6.07, 6.45) is 0. The molecule has 0 saturated carbocycles. The number of aryl methyl sites for hydroxylation is 1. The van der Waals surface area contributed by atoms with E-state index in [2.05, 4.69) is 57.9 Å². The number of hydrogen-bond donors (Lipinski definition) is 1. The van der Waals surface area contributed by atoms with Crippen LogP contribution >= 0.6 is 0 Å². The Labute approximate surface area is 118 Å². The Morgan fingerprint density at radius 3 is 2.47 bits per heavy atom. The van der Waals surface area contributed by atoms with Gasteiger partial charge in [-0.2, -0.15) is 0 Å². The van der Waals surface area contributed by atoms with E-state index in [1.807, 2.05) is 0 Å². The van der Waals surface area contributed by atoms with Crippen LogP contribution in [0.1, 0.15) is 44.8 Å². The molecule has 1 aromatic rings. The van der Waals surface area contributed by atoms with E-state index in [-0.39, 0.29) is 0 Å². The quantitative estimate of drug-likeness (QED) is 0.781. The van der Waals surface area contributed by atoms with Gasteiger partial charge in [0.15, 0.2) is 0 Å². The molecule has 0 aliphatic rings. The van der Waals surface area contributed by atoms with Crippen molar-refractivity contribution in [2.24, 2.45) is 11.8 Å². The minimum atomic E-state index is 0.684. The largest absolute Gasteiger partial charge is 0.465 e. The number of nitrogens with one attached hydrogen (secondary N) is 1. The fraction of sp³-hybridized carbons (Fsp3) is 0.750. The third-order valence-electron chi connectivity index (χ3n) is 3.04. The summed E-state index contributed by atoms with van der Waals surface area (Å²) in [6, 6.07) is 2.19. The molecule has 0 fully saturated rings. The van der Waals surface area contributed by atoms with Crippen LogP contribution in [-0.2, 0) is 13.1 Å². The molecule has 3 nitrogen and oxygen atoms in total. The summed E-state index contributed by atoms with van der Waals surface area (Å²) in [5, 5.41) is 3.47. The van der Waals surface area contributed by atoms with Crippen molar-refractivity contribution in [3.8, 4) is 0 Å². The second-order valence-corrected chi connectivity index (χ2v) is 6.41. The zero-order chi connectivity index (χ0) is 14.4. The maximum absolute atomic E-state index is 5.84. The van der Waals surface area contributed by atoms with Gasteiger partial charge in [-0.3, -0.25) is 4.90 Å². The lowest BCUT2D eigenvalue weighted by molar-refractivity contribution is 0.263. The Morgan fingerprint density at radius 2 is 1.89 bits per heavy atom. The first-order valence-corrected chi connectivity index (χ1v) is 7.36. The second-order valence-electron chi connectivity index (χ2n) is 6.41. The fourth-order valence-corrected chi connectivity index (χ4v) is 2.29. The lowest BCUT2D eigenvalue weighted by Gasteiger charge is -2.17. The lowest BCUT2D eigenvalue weighted by Crippen LogP contribution is -2.22. The summed E-state index contributed by atoms with van der Waals surface area (Å²) in [7, 11) is 2.15. The highest BCUT2D eigenvalue weighted by atomic mass is 16.3. The van der Waals surface area contributed by atoms with E-state index in [0.29, 0.717) is 11.8 Å². The molecule has 3 heteroatoms. The van der Waals surface area contributed by atoms with Gasteiger partial charge in [0.2, 0.25) is 0 Å². The predicted molar refractivity (Wildman–Crippen MR) is 81.2 cm³/mol. The van der Waals surface area contributed by atoms with Crippen molar-refractivity contribution in [3.05, 3.63) is 23.2 Å². The third kappa shape index (κ3) is 6.26. The standard InChI is InChI=1S/C16H30N2O/c1-12(2)8-17-9-15-7-16(19-14(15)5)11-18(6)10-13(3)4/h7,12-13,17H,8-11H2,1-6H3. The van der Waals surface area contributed by atoms with E-state index < -0.39 is 0 Å². The van der Waals surface area contributed by atoms with Gasteiger partial charge in [0.05, 0.1) is 6.54 Å². The molecule has 0 bridgehead atoms. The average molecular weight is 266 g/mol. The van der Waals surface area contributed by atoms with Gasteiger partial charge in [0.1, 0.15) is 11.5 Å². The van der Waals surface area contributed by atoms with Gasteiger partial charge < -0.3 is 9.73 Å². The summed E-state index contributed by atoms with van der Waals surface area (Å²) in [5.74, 6) is 3.49. The Hall–Kier alpha value is -0.800. The van der Waals surface area contributed by atoms with Gasteiger partial charge in [-0.25, -0.2) is 0 Å². The number of nitrogens with zero attached hydrogens (tertiary/aromatic N) is 1. The van der Waals surface area contributed by atoms with Crippen molar-refractivity contribution in [1.82, 2.24) is 10.2 Å². The van der Waals surface area contributed by atoms with Crippen molar-refractivity contribution < 1.29 is 4.42 Å². The van der Waals surface area contributed by atoms with Crippen LogP contribution in [0.25, 0.3) is 0 Å². The Kier molecular flexibility index (Phi) is 6.59. The Morgan fingerprint density at radius 1 is 1.21 bits per heavy atom. The Bertz CT molecular complexity index is 369. The van der Waals surface area contributed by atoms with Crippen LogP contribution in [0.2, 0.25) is 0 Å². The molecule has 0 unspecified atom stereocenters. The molecule has 0 saturated heterocycles. The van der Waals surface area contributed by atoms with E-state index in [4.69, 9.17) is 4.42 Å². The van der Waals surface area contributed by atoms with E-state index >= 15 is 0 Å². The summed E-state index contributed by atoms with van der Waals surface area (Å²) in [5.41, 5.74) is 1.29. The molecular formula is C16H30N2O. The minimum Gasteiger partial charge on any atom is -0.465 e. The van der Waals surface area contributed by atoms with Crippen LogP contribution in [-0.4, -0.2) is 25.0 Å². The van der Waals surface area contributed by atoms with Crippen LogP contribution in [0.3, 0.4) is 0 Å². The smallest absolute Gasteiger partial charge is 0.118 e. The number of hydrogen-bond acceptors (Lipinski definition) is 3. The first-order chi connectivity index (χ1) is 8.88. The molecule has 1 heterocycles. The monoisotopic (exact) mass is 266 g/mol. The molecule has 1 aromatic heterocycles. The average Bonchev–Trinajstić information content (AvgIpc) is 2.57. The van der Waals surface area contributed by atoms with Gasteiger partial charge in [-0.05, 0) is 38.4 Å². The maximum Gasteiger partial charge on any atom is 0.118 e. The summed E-state index contributed by atoms with van der Waals surface area (Å²) < 4.78 is 5.84. The van der Waals surface area contributed by atoms with Crippen LogP contribution in [0.15, 0.2) is 10.5 Å². The van der Waals surface area contributed by atoms with Crippen molar-refractivity contribution >= 4 is 0 Å². The lowest BCUT2D eigenvalue weighted by atomic mass is 10.2. The number of rotatable bonds is 8. The van der Waals surface area contributed by atoms with Gasteiger partial charge in [0.25, 0.3) is 0 Å². The highest BCUT2D eigenvalue weighted by molar-refractivity contribution is 5.20. The Balaban J connectivity index is 2.48. The van der Waals surface area contributed by atoms with Gasteiger partial charge in [0, 0.05) is 18.7 Å². The molecule has 0 spiro atoms. The third-order valence-corrected chi connectivity index (χ3v) is 3.04. The maximum atomic E-state index is 5.84. The molecule has 0 aromatic carbocycles. The summed E-state index contributed by atoms with van der Waals surface area (Å²) in [6.45, 7) is 14.9. The predicted octanol–water partition coefficient (Wildman–Crippen LogP) is 3.42. The van der Waals surface area contributed by atoms with Crippen LogP contribution in [0, 0.1) is 18.8 Å². The SMILES string of the molecule is Cc1oc(CN(C)CC(C)C)cc1CNCC(C)C. The summed E-state index contributed by atoms with van der Waals surface area (Å²) >= 11 is 0.